The van der Waals surface area contributed by atoms with E-state index < -0.39 is 40.7 Å². The molecule has 34 heavy (non-hydrogen) atoms. The minimum absolute atomic E-state index is 0.0256. The lowest BCUT2D eigenvalue weighted by Crippen LogP contribution is -2.41. The van der Waals surface area contributed by atoms with Crippen LogP contribution in [0.25, 0.3) is 0 Å². The number of aromatic nitrogens is 2. The zero-order valence-corrected chi connectivity index (χ0v) is 21.3. The van der Waals surface area contributed by atoms with Crippen LogP contribution in [0.4, 0.5) is 4.79 Å². The highest BCUT2D eigenvalue weighted by molar-refractivity contribution is 5.89. The van der Waals surface area contributed by atoms with E-state index in [1.165, 1.54) is 4.90 Å². The zero-order chi connectivity index (χ0) is 25.9. The number of H-pyrrole nitrogens is 1. The number of hydrogen-bond donors (Lipinski definition) is 2. The molecular weight excluding hydrogens is 446 g/mol. The fourth-order valence-corrected chi connectivity index (χ4v) is 3.19. The highest BCUT2D eigenvalue weighted by atomic mass is 16.6. The number of aromatic hydroxyl groups is 1. The van der Waals surface area contributed by atoms with Gasteiger partial charge in [0.2, 0.25) is 5.75 Å². The quantitative estimate of drug-likeness (QED) is 0.318. The standard InChI is InChI=1S/C23H39N3O8/c1-8-10-13-33-14-15(31-6)11-12-16(26(9-2)22(30)34-23(3,4)5)19-24-17(21(29)32-7)18(27)20(28)25-19/h15-16,27H,8-14H2,1-7H3,(H,24,25,28)/t15-,16?/m0/s1. The number of nitrogens with one attached hydrogen (secondary N) is 1. The molecule has 2 N–H and O–H groups in total. The van der Waals surface area contributed by atoms with E-state index >= 15 is 0 Å². The number of nitrogens with zero attached hydrogens (tertiary/aromatic N) is 2. The van der Waals surface area contributed by atoms with Gasteiger partial charge in [-0.2, -0.15) is 0 Å². The summed E-state index contributed by atoms with van der Waals surface area (Å²) in [6.07, 6.45) is 1.87. The van der Waals surface area contributed by atoms with Gasteiger partial charge in [-0.3, -0.25) is 9.69 Å². The van der Waals surface area contributed by atoms with Crippen molar-refractivity contribution in [1.29, 1.82) is 0 Å². The van der Waals surface area contributed by atoms with Crippen LogP contribution in [0.3, 0.4) is 0 Å². The summed E-state index contributed by atoms with van der Waals surface area (Å²) in [6.45, 7) is 10.3. The maximum Gasteiger partial charge on any atom is 0.410 e. The van der Waals surface area contributed by atoms with Gasteiger partial charge in [-0.25, -0.2) is 14.6 Å². The summed E-state index contributed by atoms with van der Waals surface area (Å²) in [6, 6.07) is -0.773. The van der Waals surface area contributed by atoms with Crippen molar-refractivity contribution in [2.75, 3.05) is 34.0 Å². The van der Waals surface area contributed by atoms with Crippen LogP contribution in [0.15, 0.2) is 4.79 Å². The molecule has 1 rings (SSSR count). The van der Waals surface area contributed by atoms with E-state index in [0.717, 1.165) is 20.0 Å². The summed E-state index contributed by atoms with van der Waals surface area (Å²) >= 11 is 0. The first-order valence-corrected chi connectivity index (χ1v) is 11.5. The molecule has 0 aromatic carbocycles. The molecule has 0 fully saturated rings. The highest BCUT2D eigenvalue weighted by Gasteiger charge is 2.32. The lowest BCUT2D eigenvalue weighted by atomic mass is 10.1. The third-order valence-corrected chi connectivity index (χ3v) is 4.99. The van der Waals surface area contributed by atoms with E-state index in [1.54, 1.807) is 34.8 Å². The Bertz CT molecular complexity index is 850. The van der Waals surface area contributed by atoms with E-state index in [-0.39, 0.29) is 18.5 Å². The van der Waals surface area contributed by atoms with E-state index in [2.05, 4.69) is 21.6 Å². The zero-order valence-electron chi connectivity index (χ0n) is 21.3. The highest BCUT2D eigenvalue weighted by Crippen LogP contribution is 2.27. The Balaban J connectivity index is 3.32. The molecule has 0 saturated heterocycles. The Hall–Kier alpha value is -2.66. The van der Waals surface area contributed by atoms with Gasteiger partial charge in [0.25, 0.3) is 5.56 Å². The maximum atomic E-state index is 13.0. The molecule has 0 aliphatic heterocycles. The van der Waals surface area contributed by atoms with Gasteiger partial charge in [0.1, 0.15) is 11.4 Å². The van der Waals surface area contributed by atoms with Crippen molar-refractivity contribution in [3.63, 3.8) is 0 Å². The number of carbonyl (C=O) groups is 2. The van der Waals surface area contributed by atoms with Crippen LogP contribution in [0.1, 0.15) is 82.7 Å². The summed E-state index contributed by atoms with van der Waals surface area (Å²) in [5, 5.41) is 10.0. The number of aromatic amines is 1. The smallest absolute Gasteiger partial charge is 0.410 e. The van der Waals surface area contributed by atoms with E-state index in [9.17, 15) is 19.5 Å². The van der Waals surface area contributed by atoms with Crippen LogP contribution >= 0.6 is 0 Å². The number of carbonyl (C=O) groups excluding carboxylic acids is 2. The van der Waals surface area contributed by atoms with Crippen LogP contribution in [-0.4, -0.2) is 77.7 Å². The first kappa shape index (κ1) is 29.4. The summed E-state index contributed by atoms with van der Waals surface area (Å²) in [5.74, 6) is -1.80. The number of hydrogen-bond acceptors (Lipinski definition) is 9. The Morgan fingerprint density at radius 3 is 2.38 bits per heavy atom. The Labute approximate surface area is 200 Å². The van der Waals surface area contributed by atoms with Crippen molar-refractivity contribution < 1.29 is 33.6 Å². The van der Waals surface area contributed by atoms with Crippen molar-refractivity contribution in [1.82, 2.24) is 14.9 Å². The minimum Gasteiger partial charge on any atom is -0.501 e. The fourth-order valence-electron chi connectivity index (χ4n) is 3.19. The second-order valence-electron chi connectivity index (χ2n) is 8.79. The molecule has 2 atom stereocenters. The van der Waals surface area contributed by atoms with Crippen molar-refractivity contribution >= 4 is 12.1 Å². The summed E-state index contributed by atoms with van der Waals surface area (Å²) in [5.41, 5.74) is -2.19. The molecular formula is C23H39N3O8. The number of ether oxygens (including phenoxy) is 4. The van der Waals surface area contributed by atoms with E-state index in [0.29, 0.717) is 26.1 Å². The summed E-state index contributed by atoms with van der Waals surface area (Å²) < 4.78 is 21.4. The van der Waals surface area contributed by atoms with Crippen LogP contribution in [0.5, 0.6) is 5.75 Å². The molecule has 0 aliphatic carbocycles. The summed E-state index contributed by atoms with van der Waals surface area (Å²) in [7, 11) is 2.69. The second kappa shape index (κ2) is 13.9. The Morgan fingerprint density at radius 1 is 1.18 bits per heavy atom. The monoisotopic (exact) mass is 485 g/mol. The molecule has 11 nitrogen and oxygen atoms in total. The normalized spacial score (nSPS) is 13.3. The molecule has 0 bridgehead atoms. The molecule has 0 spiro atoms. The van der Waals surface area contributed by atoms with Crippen LogP contribution in [0.2, 0.25) is 0 Å². The van der Waals surface area contributed by atoms with Gasteiger partial charge in [0, 0.05) is 20.3 Å². The molecule has 0 aliphatic rings. The van der Waals surface area contributed by atoms with Crippen molar-refractivity contribution in [2.45, 2.75) is 78.0 Å². The molecule has 194 valence electrons. The van der Waals surface area contributed by atoms with Gasteiger partial charge in [0.05, 0.1) is 25.9 Å². The van der Waals surface area contributed by atoms with Gasteiger partial charge in [-0.1, -0.05) is 13.3 Å². The SMILES string of the molecule is CCCCOC[C@H](CCC(c1nc(C(=O)OC)c(O)c(=O)[nH]1)N(CC)C(=O)OC(C)(C)C)OC. The number of rotatable bonds is 13. The van der Waals surface area contributed by atoms with Gasteiger partial charge >= 0.3 is 12.1 Å². The average Bonchev–Trinajstić information content (AvgIpc) is 2.77. The van der Waals surface area contributed by atoms with E-state index in [4.69, 9.17) is 14.2 Å². The molecule has 0 saturated carbocycles. The number of methoxy groups -OCH3 is 2. The molecule has 0 radical (unpaired) electrons. The average molecular weight is 486 g/mol. The number of esters is 1. The topological polar surface area (TPSA) is 140 Å². The fraction of sp³-hybridized carbons (Fsp3) is 0.739. The molecule has 1 aromatic heterocycles. The van der Waals surface area contributed by atoms with Crippen molar-refractivity contribution in [3.8, 4) is 5.75 Å². The first-order valence-electron chi connectivity index (χ1n) is 11.5. The maximum absolute atomic E-state index is 13.0. The van der Waals surface area contributed by atoms with Gasteiger partial charge < -0.3 is 29.0 Å². The van der Waals surface area contributed by atoms with Crippen LogP contribution < -0.4 is 5.56 Å². The number of unbranched alkanes of at least 4 members (excludes halogenated alkanes) is 1. The largest absolute Gasteiger partial charge is 0.501 e. The van der Waals surface area contributed by atoms with E-state index in [1.807, 2.05) is 0 Å². The first-order chi connectivity index (χ1) is 16.0. The third kappa shape index (κ3) is 8.94. The molecule has 1 aromatic rings. The summed E-state index contributed by atoms with van der Waals surface area (Å²) in [4.78, 5) is 45.4. The third-order valence-electron chi connectivity index (χ3n) is 4.99. The van der Waals surface area contributed by atoms with Crippen molar-refractivity contribution in [2.24, 2.45) is 0 Å². The van der Waals surface area contributed by atoms with Gasteiger partial charge in [0.15, 0.2) is 5.69 Å². The Kier molecular flexibility index (Phi) is 12.0. The molecule has 1 amide bonds. The molecule has 11 heteroatoms. The lowest BCUT2D eigenvalue weighted by Gasteiger charge is -2.33. The van der Waals surface area contributed by atoms with Gasteiger partial charge in [-0.05, 0) is 47.0 Å². The van der Waals surface area contributed by atoms with Crippen LogP contribution in [0, 0.1) is 0 Å². The molecule has 1 unspecified atom stereocenters. The predicted molar refractivity (Wildman–Crippen MR) is 125 cm³/mol. The van der Waals surface area contributed by atoms with Gasteiger partial charge in [-0.15, -0.1) is 0 Å². The predicted octanol–water partition coefficient (Wildman–Crippen LogP) is 3.17. The molecule has 1 heterocycles. The second-order valence-corrected chi connectivity index (χ2v) is 8.79. The minimum atomic E-state index is -0.969. The number of amides is 1. The Morgan fingerprint density at radius 2 is 1.85 bits per heavy atom. The van der Waals surface area contributed by atoms with Crippen molar-refractivity contribution in [3.05, 3.63) is 21.9 Å². The lowest BCUT2D eigenvalue weighted by molar-refractivity contribution is -0.00644. The van der Waals surface area contributed by atoms with Crippen LogP contribution in [-0.2, 0) is 18.9 Å².